The number of aromatic nitrogens is 2. The Morgan fingerprint density at radius 2 is 2.47 bits per heavy atom. The van der Waals surface area contributed by atoms with Gasteiger partial charge in [-0.05, 0) is 6.92 Å². The number of carbonyl (C=O) groups is 1. The van der Waals surface area contributed by atoms with E-state index >= 15 is 0 Å². The first-order chi connectivity index (χ1) is 8.27. The lowest BCUT2D eigenvalue weighted by molar-refractivity contribution is -0.137. The number of imidazole rings is 1. The zero-order chi connectivity index (χ0) is 12.3. The Balaban J connectivity index is 2.48. The summed E-state index contributed by atoms with van der Waals surface area (Å²) in [6.07, 6.45) is 2.81. The van der Waals surface area contributed by atoms with Crippen LogP contribution in [-0.2, 0) is 9.53 Å². The van der Waals surface area contributed by atoms with Crippen LogP contribution in [-0.4, -0.2) is 28.9 Å². The second-order valence-corrected chi connectivity index (χ2v) is 3.09. The van der Waals surface area contributed by atoms with Crippen LogP contribution in [0.2, 0.25) is 0 Å². The van der Waals surface area contributed by atoms with Gasteiger partial charge in [0.2, 0.25) is 0 Å². The number of fused-ring (bicyclic) bond motifs is 1. The molecule has 1 aliphatic rings. The first kappa shape index (κ1) is 10.9. The minimum Gasteiger partial charge on any atom is -0.462 e. The molecule has 0 unspecified atom stereocenters. The molecule has 2 heterocycles. The fourth-order valence-electron chi connectivity index (χ4n) is 1.40. The number of carbonyl (C=O) groups excluding carboxylic acids is 1. The van der Waals surface area contributed by atoms with Crippen molar-refractivity contribution in [1.82, 2.24) is 15.3 Å². The number of ether oxygens (including phenoxy) is 1. The number of nitriles is 1. The Bertz CT molecular complexity index is 549. The lowest BCUT2D eigenvalue weighted by Crippen LogP contribution is -2.19. The standard InChI is InChI=1S/C10H9N5O2/c1-2-17-10(16)6(3-11)7-8-9(14-4-12-7)15-5-13-8/h4-5H,2H2,1H3,(H,12,14)(H,13,15)/b7-6-. The Morgan fingerprint density at radius 1 is 1.65 bits per heavy atom. The van der Waals surface area contributed by atoms with E-state index in [0.717, 1.165) is 0 Å². The molecule has 2 rings (SSSR count). The molecule has 7 nitrogen and oxygen atoms in total. The van der Waals surface area contributed by atoms with Gasteiger partial charge in [-0.1, -0.05) is 0 Å². The number of rotatable bonds is 2. The van der Waals surface area contributed by atoms with Crippen molar-refractivity contribution in [3.8, 4) is 6.07 Å². The Labute approximate surface area is 96.8 Å². The van der Waals surface area contributed by atoms with Crippen molar-refractivity contribution < 1.29 is 9.53 Å². The summed E-state index contributed by atoms with van der Waals surface area (Å²) in [7, 11) is 0. The first-order valence-corrected chi connectivity index (χ1v) is 4.92. The van der Waals surface area contributed by atoms with E-state index in [9.17, 15) is 4.79 Å². The highest BCUT2D eigenvalue weighted by atomic mass is 16.5. The third-order valence-electron chi connectivity index (χ3n) is 2.11. The first-order valence-electron chi connectivity index (χ1n) is 4.92. The van der Waals surface area contributed by atoms with Crippen molar-refractivity contribution in [2.75, 3.05) is 6.61 Å². The number of nitrogens with zero attached hydrogens (tertiary/aromatic N) is 3. The highest BCUT2D eigenvalue weighted by Crippen LogP contribution is 2.25. The van der Waals surface area contributed by atoms with E-state index < -0.39 is 5.97 Å². The molecule has 0 fully saturated rings. The number of hydrogen-bond donors (Lipinski definition) is 2. The summed E-state index contributed by atoms with van der Waals surface area (Å²) in [6, 6.07) is 1.82. The number of aliphatic imine (C=N–C) groups is 1. The van der Waals surface area contributed by atoms with Gasteiger partial charge in [-0.2, -0.15) is 5.26 Å². The zero-order valence-corrected chi connectivity index (χ0v) is 9.02. The quantitative estimate of drug-likeness (QED) is 0.437. The summed E-state index contributed by atoms with van der Waals surface area (Å²) in [6.45, 7) is 1.89. The molecule has 1 aliphatic heterocycles. The zero-order valence-electron chi connectivity index (χ0n) is 9.02. The second kappa shape index (κ2) is 4.49. The van der Waals surface area contributed by atoms with E-state index in [-0.39, 0.29) is 12.2 Å². The van der Waals surface area contributed by atoms with Crippen molar-refractivity contribution in [3.05, 3.63) is 17.6 Å². The molecule has 0 aliphatic carbocycles. The van der Waals surface area contributed by atoms with Crippen LogP contribution in [0.4, 0.5) is 5.82 Å². The normalized spacial score (nSPS) is 15.5. The average molecular weight is 231 g/mol. The van der Waals surface area contributed by atoms with E-state index in [4.69, 9.17) is 10.00 Å². The fraction of sp³-hybridized carbons (Fsp3) is 0.200. The van der Waals surface area contributed by atoms with Gasteiger partial charge >= 0.3 is 5.97 Å². The molecule has 1 aromatic heterocycles. The van der Waals surface area contributed by atoms with Gasteiger partial charge in [0.25, 0.3) is 0 Å². The number of H-pyrrole nitrogens is 1. The number of nitrogens with one attached hydrogen (secondary N) is 2. The van der Waals surface area contributed by atoms with E-state index in [2.05, 4.69) is 20.3 Å². The van der Waals surface area contributed by atoms with E-state index in [1.54, 1.807) is 6.92 Å². The van der Waals surface area contributed by atoms with Gasteiger partial charge in [-0.3, -0.25) is 0 Å². The average Bonchev–Trinajstić information content (AvgIpc) is 2.79. The second-order valence-electron chi connectivity index (χ2n) is 3.09. The predicted octanol–water partition coefficient (Wildman–Crippen LogP) is 0.470. The van der Waals surface area contributed by atoms with Gasteiger partial charge in [0.1, 0.15) is 11.8 Å². The number of esters is 1. The molecular formula is C10H9N5O2. The van der Waals surface area contributed by atoms with E-state index in [0.29, 0.717) is 17.2 Å². The summed E-state index contributed by atoms with van der Waals surface area (Å²) in [5.41, 5.74) is 0.717. The molecule has 0 bridgehead atoms. The molecule has 0 amide bonds. The molecule has 1 aromatic rings. The maximum absolute atomic E-state index is 11.6. The topological polar surface area (TPSA) is 103 Å². The number of hydrogen-bond acceptors (Lipinski definition) is 6. The summed E-state index contributed by atoms with van der Waals surface area (Å²) in [4.78, 5) is 22.3. The van der Waals surface area contributed by atoms with Gasteiger partial charge in [0, 0.05) is 0 Å². The molecule has 0 radical (unpaired) electrons. The van der Waals surface area contributed by atoms with Crippen molar-refractivity contribution in [2.45, 2.75) is 6.92 Å². The summed E-state index contributed by atoms with van der Waals surface area (Å²) in [5.74, 6) is -0.246. The fourth-order valence-corrected chi connectivity index (χ4v) is 1.40. The summed E-state index contributed by atoms with van der Waals surface area (Å²) >= 11 is 0. The molecular weight excluding hydrogens is 222 g/mol. The molecule has 17 heavy (non-hydrogen) atoms. The Kier molecular flexibility index (Phi) is 2.87. The maximum Gasteiger partial charge on any atom is 0.351 e. The molecule has 0 aromatic carbocycles. The van der Waals surface area contributed by atoms with Crippen LogP contribution in [0.3, 0.4) is 0 Å². The van der Waals surface area contributed by atoms with Crippen LogP contribution in [0.15, 0.2) is 16.9 Å². The van der Waals surface area contributed by atoms with Crippen LogP contribution in [0.1, 0.15) is 12.6 Å². The number of aromatic amines is 1. The van der Waals surface area contributed by atoms with Crippen molar-refractivity contribution in [3.63, 3.8) is 0 Å². The van der Waals surface area contributed by atoms with Gasteiger partial charge in [0.05, 0.1) is 25.0 Å². The molecule has 7 heteroatoms. The molecule has 2 N–H and O–H groups in total. The van der Waals surface area contributed by atoms with Gasteiger partial charge in [-0.15, -0.1) is 0 Å². The lowest BCUT2D eigenvalue weighted by atomic mass is 10.1. The van der Waals surface area contributed by atoms with Crippen LogP contribution in [0.5, 0.6) is 0 Å². The molecule has 86 valence electrons. The van der Waals surface area contributed by atoms with E-state index in [1.165, 1.54) is 12.7 Å². The summed E-state index contributed by atoms with van der Waals surface area (Å²) < 4.78 is 4.80. The highest BCUT2D eigenvalue weighted by molar-refractivity contribution is 6.04. The smallest absolute Gasteiger partial charge is 0.351 e. The largest absolute Gasteiger partial charge is 0.462 e. The maximum atomic E-state index is 11.6. The van der Waals surface area contributed by atoms with Crippen LogP contribution in [0, 0.1) is 11.3 Å². The third kappa shape index (κ3) is 1.88. The van der Waals surface area contributed by atoms with Gasteiger partial charge in [0.15, 0.2) is 11.4 Å². The van der Waals surface area contributed by atoms with Crippen molar-refractivity contribution >= 4 is 23.8 Å². The van der Waals surface area contributed by atoms with E-state index in [1.807, 2.05) is 6.07 Å². The van der Waals surface area contributed by atoms with Crippen molar-refractivity contribution in [2.24, 2.45) is 4.99 Å². The Hall–Kier alpha value is -2.62. The minimum absolute atomic E-state index is 0.108. The van der Waals surface area contributed by atoms with Crippen LogP contribution in [0.25, 0.3) is 5.70 Å². The molecule has 0 saturated heterocycles. The van der Waals surface area contributed by atoms with Gasteiger partial charge in [-0.25, -0.2) is 14.8 Å². The highest BCUT2D eigenvalue weighted by Gasteiger charge is 2.23. The van der Waals surface area contributed by atoms with Crippen LogP contribution < -0.4 is 5.32 Å². The molecule has 0 spiro atoms. The van der Waals surface area contributed by atoms with Crippen LogP contribution >= 0.6 is 0 Å². The lowest BCUT2D eigenvalue weighted by Gasteiger charge is -2.11. The SMILES string of the molecule is CCOC(=O)/C(C#N)=C1\NC=Nc2nc[nH]c21. The molecule has 0 atom stereocenters. The predicted molar refractivity (Wildman–Crippen MR) is 59.0 cm³/mol. The third-order valence-corrected chi connectivity index (χ3v) is 2.11. The minimum atomic E-state index is -0.673. The molecule has 0 saturated carbocycles. The summed E-state index contributed by atoms with van der Waals surface area (Å²) in [5, 5.41) is 11.8. The van der Waals surface area contributed by atoms with Gasteiger partial charge < -0.3 is 15.0 Å². The Morgan fingerprint density at radius 3 is 3.18 bits per heavy atom. The van der Waals surface area contributed by atoms with Crippen molar-refractivity contribution in [1.29, 1.82) is 5.26 Å². The monoisotopic (exact) mass is 231 g/mol.